The van der Waals surface area contributed by atoms with Gasteiger partial charge in [0.15, 0.2) is 29.1 Å². The van der Waals surface area contributed by atoms with E-state index in [0.29, 0.717) is 12.1 Å². The van der Waals surface area contributed by atoms with E-state index < -0.39 is 17.5 Å². The summed E-state index contributed by atoms with van der Waals surface area (Å²) in [6.07, 6.45) is 0. The van der Waals surface area contributed by atoms with E-state index in [1.165, 1.54) is 13.0 Å². The third kappa shape index (κ3) is 2.67. The first kappa shape index (κ1) is 13.3. The van der Waals surface area contributed by atoms with Crippen molar-refractivity contribution in [2.75, 3.05) is 11.9 Å². The first-order valence-corrected chi connectivity index (χ1v) is 5.76. The van der Waals surface area contributed by atoms with Gasteiger partial charge in [-0.15, -0.1) is 0 Å². The predicted octanol–water partition coefficient (Wildman–Crippen LogP) is 3.30. The first-order valence-electron chi connectivity index (χ1n) is 5.76. The number of hydrogen-bond acceptors (Lipinski definition) is 3. The van der Waals surface area contributed by atoms with E-state index in [-0.39, 0.29) is 17.3 Å². The Morgan fingerprint density at radius 2 is 1.84 bits per heavy atom. The number of hydrogen-bond donors (Lipinski definition) is 1. The summed E-state index contributed by atoms with van der Waals surface area (Å²) in [6.45, 7) is 3.78. The van der Waals surface area contributed by atoms with Gasteiger partial charge in [-0.1, -0.05) is 0 Å². The Balaban J connectivity index is 2.52. The fourth-order valence-corrected chi connectivity index (χ4v) is 1.61. The molecule has 2 aromatic rings. The van der Waals surface area contributed by atoms with Crippen molar-refractivity contribution in [1.29, 1.82) is 0 Å². The van der Waals surface area contributed by atoms with Gasteiger partial charge in [-0.3, -0.25) is 0 Å². The van der Waals surface area contributed by atoms with Crippen LogP contribution < -0.4 is 5.32 Å². The van der Waals surface area contributed by atoms with Crippen LogP contribution in [0.1, 0.15) is 12.6 Å². The molecule has 19 heavy (non-hydrogen) atoms. The molecular formula is C13H12F3N3. The Morgan fingerprint density at radius 3 is 2.47 bits per heavy atom. The van der Waals surface area contributed by atoms with Gasteiger partial charge < -0.3 is 5.32 Å². The summed E-state index contributed by atoms with van der Waals surface area (Å²) in [6, 6.07) is 3.32. The van der Waals surface area contributed by atoms with E-state index in [4.69, 9.17) is 0 Å². The molecule has 3 nitrogen and oxygen atoms in total. The van der Waals surface area contributed by atoms with Gasteiger partial charge in [0.1, 0.15) is 0 Å². The van der Waals surface area contributed by atoms with E-state index >= 15 is 0 Å². The molecule has 0 radical (unpaired) electrons. The van der Waals surface area contributed by atoms with Crippen LogP contribution in [0.15, 0.2) is 18.2 Å². The molecule has 0 fully saturated rings. The van der Waals surface area contributed by atoms with Gasteiger partial charge in [-0.2, -0.15) is 0 Å². The second-order valence-corrected chi connectivity index (χ2v) is 3.95. The van der Waals surface area contributed by atoms with Gasteiger partial charge in [0.2, 0.25) is 0 Å². The number of anilines is 1. The summed E-state index contributed by atoms with van der Waals surface area (Å²) < 4.78 is 39.7. The van der Waals surface area contributed by atoms with Crippen LogP contribution in [0.4, 0.5) is 19.0 Å². The lowest BCUT2D eigenvalue weighted by Gasteiger charge is -2.09. The third-order valence-electron chi connectivity index (χ3n) is 2.54. The van der Waals surface area contributed by atoms with Crippen LogP contribution in [0.5, 0.6) is 0 Å². The highest BCUT2D eigenvalue weighted by molar-refractivity contribution is 5.58. The average molecular weight is 267 g/mol. The average Bonchev–Trinajstić information content (AvgIpc) is 2.38. The Morgan fingerprint density at radius 1 is 1.11 bits per heavy atom. The summed E-state index contributed by atoms with van der Waals surface area (Å²) in [5.74, 6) is -2.29. The van der Waals surface area contributed by atoms with Crippen LogP contribution in [0.2, 0.25) is 0 Å². The summed E-state index contributed by atoms with van der Waals surface area (Å²) in [4.78, 5) is 7.92. The van der Waals surface area contributed by atoms with E-state index in [0.717, 1.165) is 12.1 Å². The smallest absolute Gasteiger partial charge is 0.186 e. The standard InChI is InChI=1S/C13H12F3N3/c1-3-17-13-11(16)7(2)18-12(19-13)8-4-5-9(14)10(15)6-8/h4-6H,3H2,1-2H3,(H,17,18,19). The fraction of sp³-hybridized carbons (Fsp3) is 0.231. The van der Waals surface area contributed by atoms with E-state index in [9.17, 15) is 13.2 Å². The third-order valence-corrected chi connectivity index (χ3v) is 2.54. The maximum atomic E-state index is 13.7. The zero-order valence-corrected chi connectivity index (χ0v) is 10.5. The van der Waals surface area contributed by atoms with E-state index in [2.05, 4.69) is 15.3 Å². The lowest BCUT2D eigenvalue weighted by Crippen LogP contribution is -2.07. The Labute approximate surface area is 108 Å². The van der Waals surface area contributed by atoms with Gasteiger partial charge in [0.05, 0.1) is 5.69 Å². The molecule has 1 aromatic heterocycles. The minimum atomic E-state index is -0.993. The molecule has 0 aliphatic rings. The Kier molecular flexibility index (Phi) is 3.69. The molecule has 1 N–H and O–H groups in total. The highest BCUT2D eigenvalue weighted by Crippen LogP contribution is 2.22. The molecule has 0 amide bonds. The summed E-state index contributed by atoms with van der Waals surface area (Å²) >= 11 is 0. The molecule has 0 bridgehead atoms. The zero-order chi connectivity index (χ0) is 14.0. The molecule has 1 heterocycles. The number of benzene rings is 1. The number of rotatable bonds is 3. The molecule has 0 saturated carbocycles. The maximum absolute atomic E-state index is 13.7. The molecular weight excluding hydrogens is 255 g/mol. The summed E-state index contributed by atoms with van der Waals surface area (Å²) in [5, 5.41) is 2.76. The van der Waals surface area contributed by atoms with Crippen LogP contribution >= 0.6 is 0 Å². The van der Waals surface area contributed by atoms with Crippen molar-refractivity contribution in [1.82, 2.24) is 9.97 Å². The molecule has 0 saturated heterocycles. The van der Waals surface area contributed by atoms with Crippen LogP contribution in [0.25, 0.3) is 11.4 Å². The van der Waals surface area contributed by atoms with Crippen molar-refractivity contribution in [2.24, 2.45) is 0 Å². The van der Waals surface area contributed by atoms with Crippen LogP contribution in [-0.4, -0.2) is 16.5 Å². The second kappa shape index (κ2) is 5.26. The van der Waals surface area contributed by atoms with Crippen LogP contribution in [-0.2, 0) is 0 Å². The number of nitrogens with one attached hydrogen (secondary N) is 1. The van der Waals surface area contributed by atoms with Crippen molar-refractivity contribution in [2.45, 2.75) is 13.8 Å². The second-order valence-electron chi connectivity index (χ2n) is 3.95. The largest absolute Gasteiger partial charge is 0.368 e. The van der Waals surface area contributed by atoms with Crippen LogP contribution in [0, 0.1) is 24.4 Å². The number of aromatic nitrogens is 2. The van der Waals surface area contributed by atoms with Crippen molar-refractivity contribution in [3.8, 4) is 11.4 Å². The van der Waals surface area contributed by atoms with Gasteiger partial charge in [-0.05, 0) is 32.0 Å². The molecule has 100 valence electrons. The Bertz CT molecular complexity index is 614. The van der Waals surface area contributed by atoms with Gasteiger partial charge in [0, 0.05) is 12.1 Å². The van der Waals surface area contributed by atoms with E-state index in [1.54, 1.807) is 6.92 Å². The maximum Gasteiger partial charge on any atom is 0.186 e. The first-order chi connectivity index (χ1) is 9.02. The minimum Gasteiger partial charge on any atom is -0.368 e. The fourth-order valence-electron chi connectivity index (χ4n) is 1.61. The monoisotopic (exact) mass is 267 g/mol. The quantitative estimate of drug-likeness (QED) is 0.927. The molecule has 6 heteroatoms. The van der Waals surface area contributed by atoms with Crippen molar-refractivity contribution in [3.63, 3.8) is 0 Å². The summed E-state index contributed by atoms with van der Waals surface area (Å²) in [7, 11) is 0. The zero-order valence-electron chi connectivity index (χ0n) is 10.5. The lowest BCUT2D eigenvalue weighted by molar-refractivity contribution is 0.509. The normalized spacial score (nSPS) is 10.6. The Hall–Kier alpha value is -2.11. The van der Waals surface area contributed by atoms with Crippen LogP contribution in [0.3, 0.4) is 0 Å². The molecule has 0 aliphatic heterocycles. The molecule has 0 spiro atoms. The predicted molar refractivity (Wildman–Crippen MR) is 66.2 cm³/mol. The molecule has 0 aliphatic carbocycles. The van der Waals surface area contributed by atoms with Gasteiger partial charge in [-0.25, -0.2) is 23.1 Å². The number of aryl methyl sites for hydroxylation is 1. The molecule has 0 unspecified atom stereocenters. The summed E-state index contributed by atoms with van der Waals surface area (Å²) in [5.41, 5.74) is 0.437. The molecule has 2 rings (SSSR count). The number of halogens is 3. The van der Waals surface area contributed by atoms with Crippen molar-refractivity contribution < 1.29 is 13.2 Å². The van der Waals surface area contributed by atoms with Crippen molar-refractivity contribution in [3.05, 3.63) is 41.3 Å². The van der Waals surface area contributed by atoms with Crippen molar-refractivity contribution >= 4 is 5.82 Å². The van der Waals surface area contributed by atoms with E-state index in [1.807, 2.05) is 0 Å². The number of nitrogens with zero attached hydrogens (tertiary/aromatic N) is 2. The highest BCUT2D eigenvalue weighted by Gasteiger charge is 2.13. The topological polar surface area (TPSA) is 37.8 Å². The highest BCUT2D eigenvalue weighted by atomic mass is 19.2. The van der Waals surface area contributed by atoms with Gasteiger partial charge in [0.25, 0.3) is 0 Å². The molecule has 0 atom stereocenters. The molecule has 1 aromatic carbocycles. The lowest BCUT2D eigenvalue weighted by atomic mass is 10.2. The van der Waals surface area contributed by atoms with Gasteiger partial charge >= 0.3 is 0 Å². The SMILES string of the molecule is CCNc1nc(-c2ccc(F)c(F)c2)nc(C)c1F. The minimum absolute atomic E-state index is 0.0507.